The maximum absolute atomic E-state index is 11.6. The number of rotatable bonds is 6. The van der Waals surface area contributed by atoms with Crippen molar-refractivity contribution >= 4 is 6.09 Å². The number of ether oxygens (including phenoxy) is 1. The lowest BCUT2D eigenvalue weighted by atomic mass is 10.2. The van der Waals surface area contributed by atoms with Crippen LogP contribution in [0.4, 0.5) is 4.79 Å². The van der Waals surface area contributed by atoms with Crippen molar-refractivity contribution < 1.29 is 9.53 Å². The Balaban J connectivity index is 3.67. The SMILES string of the molecule is C=CCCCCCN(C)C(=O)OC(C)(C)C. The number of hydrogen-bond donors (Lipinski definition) is 0. The van der Waals surface area contributed by atoms with Gasteiger partial charge in [-0.2, -0.15) is 0 Å². The lowest BCUT2D eigenvalue weighted by Gasteiger charge is -2.24. The van der Waals surface area contributed by atoms with Crippen molar-refractivity contribution in [2.75, 3.05) is 13.6 Å². The van der Waals surface area contributed by atoms with E-state index in [2.05, 4.69) is 6.58 Å². The highest BCUT2D eigenvalue weighted by atomic mass is 16.6. The van der Waals surface area contributed by atoms with Crippen LogP contribution in [0.3, 0.4) is 0 Å². The lowest BCUT2D eigenvalue weighted by Crippen LogP contribution is -2.34. The molecule has 0 spiro atoms. The Kier molecular flexibility index (Phi) is 6.86. The van der Waals surface area contributed by atoms with Gasteiger partial charge in [-0.05, 0) is 40.0 Å². The summed E-state index contributed by atoms with van der Waals surface area (Å²) in [5, 5.41) is 0. The van der Waals surface area contributed by atoms with Gasteiger partial charge >= 0.3 is 6.09 Å². The summed E-state index contributed by atoms with van der Waals surface area (Å²) in [6, 6.07) is 0. The van der Waals surface area contributed by atoms with Gasteiger partial charge in [0.2, 0.25) is 0 Å². The molecule has 0 saturated carbocycles. The molecule has 0 N–H and O–H groups in total. The molecule has 16 heavy (non-hydrogen) atoms. The fraction of sp³-hybridized carbons (Fsp3) is 0.769. The fourth-order valence-electron chi connectivity index (χ4n) is 1.25. The van der Waals surface area contributed by atoms with Gasteiger partial charge < -0.3 is 9.64 Å². The Bertz CT molecular complexity index is 218. The van der Waals surface area contributed by atoms with Crippen LogP contribution in [0, 0.1) is 0 Å². The minimum Gasteiger partial charge on any atom is -0.444 e. The van der Waals surface area contributed by atoms with Gasteiger partial charge in [-0.25, -0.2) is 4.79 Å². The van der Waals surface area contributed by atoms with E-state index in [1.807, 2.05) is 26.8 Å². The van der Waals surface area contributed by atoms with Crippen LogP contribution in [-0.2, 0) is 4.74 Å². The zero-order valence-electron chi connectivity index (χ0n) is 11.1. The average Bonchev–Trinajstić information content (AvgIpc) is 2.14. The van der Waals surface area contributed by atoms with Crippen LogP contribution in [0.5, 0.6) is 0 Å². The third-order valence-corrected chi connectivity index (χ3v) is 2.11. The number of unbranched alkanes of at least 4 members (excludes halogenated alkanes) is 3. The Hall–Kier alpha value is -0.990. The molecule has 0 aliphatic rings. The topological polar surface area (TPSA) is 29.5 Å². The maximum atomic E-state index is 11.6. The third kappa shape index (κ3) is 8.33. The van der Waals surface area contributed by atoms with E-state index in [0.29, 0.717) is 0 Å². The molecule has 0 aliphatic heterocycles. The van der Waals surface area contributed by atoms with Crippen LogP contribution in [0.15, 0.2) is 12.7 Å². The molecular formula is C13H25NO2. The summed E-state index contributed by atoms with van der Waals surface area (Å²) < 4.78 is 5.25. The van der Waals surface area contributed by atoms with E-state index in [4.69, 9.17) is 4.74 Å². The van der Waals surface area contributed by atoms with Crippen LogP contribution in [0.1, 0.15) is 46.5 Å². The molecule has 3 heteroatoms. The molecule has 0 radical (unpaired) electrons. The molecule has 0 aliphatic carbocycles. The Morgan fingerprint density at radius 2 is 1.94 bits per heavy atom. The highest BCUT2D eigenvalue weighted by Gasteiger charge is 2.18. The summed E-state index contributed by atoms with van der Waals surface area (Å²) in [5.74, 6) is 0. The predicted molar refractivity (Wildman–Crippen MR) is 67.5 cm³/mol. The summed E-state index contributed by atoms with van der Waals surface area (Å²) in [4.78, 5) is 13.2. The molecule has 0 aromatic carbocycles. The van der Waals surface area contributed by atoms with Gasteiger partial charge in [0.1, 0.15) is 5.60 Å². The van der Waals surface area contributed by atoms with E-state index in [1.54, 1.807) is 11.9 Å². The van der Waals surface area contributed by atoms with Crippen molar-refractivity contribution in [1.29, 1.82) is 0 Å². The molecule has 0 atom stereocenters. The quantitative estimate of drug-likeness (QED) is 0.512. The van der Waals surface area contributed by atoms with Gasteiger partial charge in [0.25, 0.3) is 0 Å². The number of amides is 1. The molecule has 0 heterocycles. The molecule has 0 saturated heterocycles. The first kappa shape index (κ1) is 15.0. The summed E-state index contributed by atoms with van der Waals surface area (Å²) in [6.45, 7) is 10.1. The van der Waals surface area contributed by atoms with Crippen LogP contribution >= 0.6 is 0 Å². The van der Waals surface area contributed by atoms with Crippen molar-refractivity contribution in [1.82, 2.24) is 4.90 Å². The Morgan fingerprint density at radius 1 is 1.31 bits per heavy atom. The van der Waals surface area contributed by atoms with E-state index in [9.17, 15) is 4.79 Å². The van der Waals surface area contributed by atoms with Crippen molar-refractivity contribution in [2.24, 2.45) is 0 Å². The molecule has 0 bridgehead atoms. The third-order valence-electron chi connectivity index (χ3n) is 2.11. The van der Waals surface area contributed by atoms with Crippen LogP contribution < -0.4 is 0 Å². The molecule has 0 aromatic rings. The standard InChI is InChI=1S/C13H25NO2/c1-6-7-8-9-10-11-14(5)12(15)16-13(2,3)4/h6H,1,7-11H2,2-5H3. The molecule has 0 unspecified atom stereocenters. The summed E-state index contributed by atoms with van der Waals surface area (Å²) in [6.07, 6.45) is 6.03. The van der Waals surface area contributed by atoms with Gasteiger partial charge in [0.05, 0.1) is 0 Å². The number of carbonyl (C=O) groups excluding carboxylic acids is 1. The zero-order valence-corrected chi connectivity index (χ0v) is 11.1. The van der Waals surface area contributed by atoms with Gasteiger partial charge in [0.15, 0.2) is 0 Å². The maximum Gasteiger partial charge on any atom is 0.410 e. The van der Waals surface area contributed by atoms with Gasteiger partial charge in [-0.1, -0.05) is 12.5 Å². The smallest absolute Gasteiger partial charge is 0.410 e. The van der Waals surface area contributed by atoms with Crippen molar-refractivity contribution in [3.63, 3.8) is 0 Å². The Labute approximate surface area is 99.5 Å². The van der Waals surface area contributed by atoms with Gasteiger partial charge in [-0.15, -0.1) is 6.58 Å². The highest BCUT2D eigenvalue weighted by molar-refractivity contribution is 5.67. The molecule has 0 rings (SSSR count). The highest BCUT2D eigenvalue weighted by Crippen LogP contribution is 2.10. The van der Waals surface area contributed by atoms with Crippen molar-refractivity contribution in [3.8, 4) is 0 Å². The lowest BCUT2D eigenvalue weighted by molar-refractivity contribution is 0.0296. The minimum atomic E-state index is -0.409. The largest absolute Gasteiger partial charge is 0.444 e. The molecule has 1 amide bonds. The summed E-state index contributed by atoms with van der Waals surface area (Å²) in [5.41, 5.74) is -0.409. The summed E-state index contributed by atoms with van der Waals surface area (Å²) >= 11 is 0. The molecule has 3 nitrogen and oxygen atoms in total. The van der Waals surface area contributed by atoms with Crippen LogP contribution in [0.25, 0.3) is 0 Å². The van der Waals surface area contributed by atoms with Crippen molar-refractivity contribution in [3.05, 3.63) is 12.7 Å². The summed E-state index contributed by atoms with van der Waals surface area (Å²) in [7, 11) is 1.78. The van der Waals surface area contributed by atoms with E-state index in [-0.39, 0.29) is 6.09 Å². The second kappa shape index (κ2) is 7.31. The first-order chi connectivity index (χ1) is 7.37. The zero-order chi connectivity index (χ0) is 12.6. The van der Waals surface area contributed by atoms with E-state index in [0.717, 1.165) is 32.2 Å². The fourth-order valence-corrected chi connectivity index (χ4v) is 1.25. The van der Waals surface area contributed by atoms with E-state index < -0.39 is 5.60 Å². The Morgan fingerprint density at radius 3 is 2.44 bits per heavy atom. The van der Waals surface area contributed by atoms with Crippen LogP contribution in [0.2, 0.25) is 0 Å². The molecule has 94 valence electrons. The number of nitrogens with zero attached hydrogens (tertiary/aromatic N) is 1. The van der Waals surface area contributed by atoms with E-state index >= 15 is 0 Å². The number of allylic oxidation sites excluding steroid dienone is 1. The normalized spacial score (nSPS) is 11.0. The minimum absolute atomic E-state index is 0.240. The first-order valence-corrected chi connectivity index (χ1v) is 5.92. The molecule has 0 aromatic heterocycles. The molecule has 0 fully saturated rings. The van der Waals surface area contributed by atoms with Crippen molar-refractivity contribution in [2.45, 2.75) is 52.1 Å². The van der Waals surface area contributed by atoms with E-state index in [1.165, 1.54) is 0 Å². The average molecular weight is 227 g/mol. The second-order valence-corrected chi connectivity index (χ2v) is 5.04. The predicted octanol–water partition coefficient (Wildman–Crippen LogP) is 3.60. The van der Waals surface area contributed by atoms with Gasteiger partial charge in [-0.3, -0.25) is 0 Å². The van der Waals surface area contributed by atoms with Crippen LogP contribution in [-0.4, -0.2) is 30.2 Å². The first-order valence-electron chi connectivity index (χ1n) is 5.92. The monoisotopic (exact) mass is 227 g/mol. The van der Waals surface area contributed by atoms with Gasteiger partial charge in [0, 0.05) is 13.6 Å². The molecular weight excluding hydrogens is 202 g/mol. The number of hydrogen-bond acceptors (Lipinski definition) is 2. The second-order valence-electron chi connectivity index (χ2n) is 5.04. The number of carbonyl (C=O) groups is 1.